The quantitative estimate of drug-likeness (QED) is 0.445. The second-order valence-electron chi connectivity index (χ2n) is 9.39. The average molecular weight is 472 g/mol. The molecule has 4 nitrogen and oxygen atoms in total. The molecule has 0 unspecified atom stereocenters. The van der Waals surface area contributed by atoms with Gasteiger partial charge < -0.3 is 5.32 Å². The summed E-state index contributed by atoms with van der Waals surface area (Å²) >= 11 is 0. The lowest BCUT2D eigenvalue weighted by Crippen LogP contribution is -2.57. The molecule has 182 valence electrons. The van der Waals surface area contributed by atoms with E-state index in [1.165, 1.54) is 17.7 Å². The number of piperazine rings is 1. The fraction of sp³-hybridized carbons (Fsp3) is 0.300. The van der Waals surface area contributed by atoms with Crippen molar-refractivity contribution < 1.29 is 9.18 Å². The van der Waals surface area contributed by atoms with Crippen LogP contribution in [0.15, 0.2) is 91.5 Å². The minimum absolute atomic E-state index is 0.0375. The van der Waals surface area contributed by atoms with Gasteiger partial charge in [0.05, 0.1) is 6.04 Å². The highest BCUT2D eigenvalue weighted by Crippen LogP contribution is 2.33. The van der Waals surface area contributed by atoms with Crippen LogP contribution in [-0.4, -0.2) is 47.4 Å². The standard InChI is InChI=1S/C30H34FN3O/c1-4-16-33-20-23(3)34(21-22(33)2)29(25-11-6-5-7-12-25)26-13-9-14-27(18-26)30(35)32-19-24-10-8-15-28(31)17-24/h4-15,17-18,22-23,29H,1,16,19-21H2,2-3H3,(H,32,35)/t22-,23+,29-/m1/s1. The number of nitrogens with one attached hydrogen (secondary N) is 1. The molecule has 1 saturated heterocycles. The monoisotopic (exact) mass is 471 g/mol. The Morgan fingerprint density at radius 3 is 2.49 bits per heavy atom. The number of carbonyl (C=O) groups is 1. The molecular weight excluding hydrogens is 437 g/mol. The van der Waals surface area contributed by atoms with Crippen molar-refractivity contribution >= 4 is 5.91 Å². The molecule has 1 N–H and O–H groups in total. The minimum atomic E-state index is -0.305. The van der Waals surface area contributed by atoms with E-state index < -0.39 is 0 Å². The van der Waals surface area contributed by atoms with Gasteiger partial charge in [-0.05, 0) is 54.8 Å². The van der Waals surface area contributed by atoms with Crippen molar-refractivity contribution in [3.05, 3.63) is 120 Å². The fourth-order valence-corrected chi connectivity index (χ4v) is 5.00. The zero-order valence-corrected chi connectivity index (χ0v) is 20.5. The Morgan fingerprint density at radius 1 is 1.00 bits per heavy atom. The fourth-order valence-electron chi connectivity index (χ4n) is 5.00. The van der Waals surface area contributed by atoms with Gasteiger partial charge >= 0.3 is 0 Å². The molecule has 0 saturated carbocycles. The van der Waals surface area contributed by atoms with Crippen molar-refractivity contribution in [1.29, 1.82) is 0 Å². The molecule has 0 bridgehead atoms. The zero-order valence-electron chi connectivity index (χ0n) is 20.5. The van der Waals surface area contributed by atoms with Crippen LogP contribution in [0, 0.1) is 5.82 Å². The van der Waals surface area contributed by atoms with E-state index in [2.05, 4.69) is 65.9 Å². The predicted octanol–water partition coefficient (Wildman–Crippen LogP) is 5.43. The maximum absolute atomic E-state index is 13.5. The third-order valence-corrected chi connectivity index (χ3v) is 6.78. The van der Waals surface area contributed by atoms with E-state index in [0.717, 1.165) is 30.8 Å². The Balaban J connectivity index is 1.59. The number of rotatable bonds is 8. The lowest BCUT2D eigenvalue weighted by atomic mass is 9.92. The van der Waals surface area contributed by atoms with Crippen molar-refractivity contribution in [3.63, 3.8) is 0 Å². The maximum Gasteiger partial charge on any atom is 0.251 e. The molecule has 3 atom stereocenters. The Morgan fingerprint density at radius 2 is 1.74 bits per heavy atom. The summed E-state index contributed by atoms with van der Waals surface area (Å²) in [6.07, 6.45) is 1.97. The van der Waals surface area contributed by atoms with Crippen LogP contribution in [0.4, 0.5) is 4.39 Å². The Labute approximate surface area is 208 Å². The summed E-state index contributed by atoms with van der Waals surface area (Å²) in [6.45, 7) is 11.5. The van der Waals surface area contributed by atoms with Gasteiger partial charge in [0.2, 0.25) is 0 Å². The molecule has 35 heavy (non-hydrogen) atoms. The summed E-state index contributed by atoms with van der Waals surface area (Å²) < 4.78 is 13.5. The van der Waals surface area contributed by atoms with Gasteiger partial charge in [-0.1, -0.05) is 60.7 Å². The van der Waals surface area contributed by atoms with Crippen LogP contribution >= 0.6 is 0 Å². The van der Waals surface area contributed by atoms with E-state index in [0.29, 0.717) is 17.6 Å². The largest absolute Gasteiger partial charge is 0.348 e. The maximum atomic E-state index is 13.5. The van der Waals surface area contributed by atoms with Crippen LogP contribution in [0.5, 0.6) is 0 Å². The molecule has 0 aliphatic carbocycles. The van der Waals surface area contributed by atoms with Gasteiger partial charge in [0.15, 0.2) is 0 Å². The van der Waals surface area contributed by atoms with Crippen molar-refractivity contribution in [3.8, 4) is 0 Å². The number of nitrogens with zero attached hydrogens (tertiary/aromatic N) is 2. The molecule has 1 aliphatic heterocycles. The van der Waals surface area contributed by atoms with Crippen LogP contribution in [0.25, 0.3) is 0 Å². The minimum Gasteiger partial charge on any atom is -0.348 e. The van der Waals surface area contributed by atoms with E-state index in [1.807, 2.05) is 30.3 Å². The number of benzene rings is 3. The molecule has 4 rings (SSSR count). The van der Waals surface area contributed by atoms with Crippen molar-refractivity contribution in [2.75, 3.05) is 19.6 Å². The molecule has 1 amide bonds. The summed E-state index contributed by atoms with van der Waals surface area (Å²) in [5.41, 5.74) is 3.63. The van der Waals surface area contributed by atoms with Gasteiger partial charge in [-0.15, -0.1) is 6.58 Å². The summed E-state index contributed by atoms with van der Waals surface area (Å²) in [4.78, 5) is 18.0. The number of hydrogen-bond donors (Lipinski definition) is 1. The van der Waals surface area contributed by atoms with Gasteiger partial charge in [-0.2, -0.15) is 0 Å². The molecule has 0 aromatic heterocycles. The first-order chi connectivity index (χ1) is 17.0. The second-order valence-corrected chi connectivity index (χ2v) is 9.39. The van der Waals surface area contributed by atoms with Crippen LogP contribution in [0.1, 0.15) is 46.9 Å². The second kappa shape index (κ2) is 11.4. The lowest BCUT2D eigenvalue weighted by molar-refractivity contribution is 0.0306. The van der Waals surface area contributed by atoms with E-state index in [-0.39, 0.29) is 24.3 Å². The molecule has 0 radical (unpaired) electrons. The molecule has 3 aromatic rings. The van der Waals surface area contributed by atoms with E-state index in [4.69, 9.17) is 0 Å². The van der Waals surface area contributed by atoms with Crippen LogP contribution in [-0.2, 0) is 6.54 Å². The highest BCUT2D eigenvalue weighted by molar-refractivity contribution is 5.94. The smallest absolute Gasteiger partial charge is 0.251 e. The topological polar surface area (TPSA) is 35.6 Å². The van der Waals surface area contributed by atoms with Gasteiger partial charge in [0.25, 0.3) is 5.91 Å². The van der Waals surface area contributed by atoms with E-state index in [1.54, 1.807) is 12.1 Å². The number of halogens is 1. The summed E-state index contributed by atoms with van der Waals surface area (Å²) in [6, 6.07) is 25.4. The summed E-state index contributed by atoms with van der Waals surface area (Å²) in [5, 5.41) is 2.93. The lowest BCUT2D eigenvalue weighted by Gasteiger charge is -2.47. The highest BCUT2D eigenvalue weighted by Gasteiger charge is 2.34. The van der Waals surface area contributed by atoms with E-state index in [9.17, 15) is 9.18 Å². The predicted molar refractivity (Wildman–Crippen MR) is 140 cm³/mol. The molecule has 1 heterocycles. The zero-order chi connectivity index (χ0) is 24.8. The van der Waals surface area contributed by atoms with Gasteiger partial charge in [0.1, 0.15) is 5.82 Å². The van der Waals surface area contributed by atoms with Crippen LogP contribution < -0.4 is 5.32 Å². The first-order valence-electron chi connectivity index (χ1n) is 12.2. The third-order valence-electron chi connectivity index (χ3n) is 6.78. The summed E-state index contributed by atoms with van der Waals surface area (Å²) in [5.74, 6) is -0.471. The number of carbonyl (C=O) groups excluding carboxylic acids is 1. The molecule has 1 fully saturated rings. The van der Waals surface area contributed by atoms with Gasteiger partial charge in [-0.3, -0.25) is 14.6 Å². The van der Waals surface area contributed by atoms with Crippen molar-refractivity contribution in [1.82, 2.24) is 15.1 Å². The number of amides is 1. The van der Waals surface area contributed by atoms with Gasteiger partial charge in [-0.25, -0.2) is 4.39 Å². The first kappa shape index (κ1) is 24.8. The van der Waals surface area contributed by atoms with Gasteiger partial charge in [0, 0.05) is 43.8 Å². The Bertz CT molecular complexity index is 1150. The van der Waals surface area contributed by atoms with Crippen molar-refractivity contribution in [2.24, 2.45) is 0 Å². The average Bonchev–Trinajstić information content (AvgIpc) is 2.86. The molecule has 1 aliphatic rings. The Kier molecular flexibility index (Phi) is 8.11. The van der Waals surface area contributed by atoms with Crippen LogP contribution in [0.2, 0.25) is 0 Å². The molecule has 5 heteroatoms. The first-order valence-corrected chi connectivity index (χ1v) is 12.2. The normalized spacial score (nSPS) is 19.7. The highest BCUT2D eigenvalue weighted by atomic mass is 19.1. The van der Waals surface area contributed by atoms with Crippen molar-refractivity contribution in [2.45, 2.75) is 38.5 Å². The molecule has 0 spiro atoms. The van der Waals surface area contributed by atoms with Crippen LogP contribution in [0.3, 0.4) is 0 Å². The molecular formula is C30H34FN3O. The third kappa shape index (κ3) is 6.05. The van der Waals surface area contributed by atoms with E-state index >= 15 is 0 Å². The molecule has 3 aromatic carbocycles. The number of hydrogen-bond acceptors (Lipinski definition) is 3. The summed E-state index contributed by atoms with van der Waals surface area (Å²) in [7, 11) is 0. The SMILES string of the molecule is C=CCN1C[C@H](C)N([C@H](c2ccccc2)c2cccc(C(=O)NCc3cccc(F)c3)c2)C[C@H]1C. The Hall–Kier alpha value is -3.28.